The Balaban J connectivity index is 1.75. The van der Waals surface area contributed by atoms with Crippen LogP contribution in [0.3, 0.4) is 0 Å². The quantitative estimate of drug-likeness (QED) is 0.783. The molecule has 0 aromatic carbocycles. The van der Waals surface area contributed by atoms with E-state index in [1.807, 2.05) is 6.08 Å². The lowest BCUT2D eigenvalue weighted by Gasteiger charge is -2.59. The molecule has 6 atom stereocenters. The summed E-state index contributed by atoms with van der Waals surface area (Å²) in [6.45, 7) is 10.3. The summed E-state index contributed by atoms with van der Waals surface area (Å²) in [5.41, 5.74) is 0.852. The molecule has 3 heteroatoms. The second-order valence-corrected chi connectivity index (χ2v) is 9.54. The van der Waals surface area contributed by atoms with Crippen molar-refractivity contribution in [2.45, 2.75) is 71.3 Å². The third-order valence-electron chi connectivity index (χ3n) is 8.66. The number of hydrogen-bond acceptors (Lipinski definition) is 3. The molecule has 3 fully saturated rings. The van der Waals surface area contributed by atoms with E-state index in [4.69, 9.17) is 0 Å². The first-order chi connectivity index (χ1) is 11.6. The maximum atomic E-state index is 12.3. The Hall–Kier alpha value is -1.22. The highest BCUT2D eigenvalue weighted by molar-refractivity contribution is 5.92. The fourth-order valence-corrected chi connectivity index (χ4v) is 7.16. The molecule has 3 nitrogen and oxygen atoms in total. The molecular weight excluding hydrogens is 312 g/mol. The number of ketones is 2. The molecule has 136 valence electrons. The van der Waals surface area contributed by atoms with Crippen LogP contribution in [0.4, 0.5) is 0 Å². The minimum atomic E-state index is -1.16. The summed E-state index contributed by atoms with van der Waals surface area (Å²) in [6, 6.07) is 0. The van der Waals surface area contributed by atoms with Gasteiger partial charge < -0.3 is 5.11 Å². The molecule has 0 unspecified atom stereocenters. The van der Waals surface area contributed by atoms with Crippen molar-refractivity contribution in [3.8, 4) is 0 Å². The third-order valence-corrected chi connectivity index (χ3v) is 8.66. The fourth-order valence-electron chi connectivity index (χ4n) is 7.16. The van der Waals surface area contributed by atoms with E-state index in [1.165, 1.54) is 5.57 Å². The topological polar surface area (TPSA) is 54.4 Å². The zero-order valence-electron chi connectivity index (χ0n) is 15.7. The van der Waals surface area contributed by atoms with Crippen LogP contribution in [0.25, 0.3) is 0 Å². The summed E-state index contributed by atoms with van der Waals surface area (Å²) in [7, 11) is 0. The predicted molar refractivity (Wildman–Crippen MR) is 96.9 cm³/mol. The Morgan fingerprint density at radius 1 is 1.20 bits per heavy atom. The van der Waals surface area contributed by atoms with Crippen LogP contribution in [0, 0.1) is 28.6 Å². The average Bonchev–Trinajstić information content (AvgIpc) is 2.83. The molecule has 3 saturated carbocycles. The molecule has 0 spiro atoms. The van der Waals surface area contributed by atoms with Crippen LogP contribution < -0.4 is 0 Å². The first kappa shape index (κ1) is 17.2. The number of carbonyl (C=O) groups is 2. The summed E-state index contributed by atoms with van der Waals surface area (Å²) < 4.78 is 0. The molecule has 4 aliphatic carbocycles. The van der Waals surface area contributed by atoms with Gasteiger partial charge in [0.2, 0.25) is 0 Å². The summed E-state index contributed by atoms with van der Waals surface area (Å²) in [6.07, 6.45) is 7.77. The van der Waals surface area contributed by atoms with Crippen molar-refractivity contribution in [3.05, 3.63) is 23.8 Å². The van der Waals surface area contributed by atoms with Gasteiger partial charge in [-0.25, -0.2) is 0 Å². The molecule has 0 bridgehead atoms. The van der Waals surface area contributed by atoms with Crippen molar-refractivity contribution < 1.29 is 14.7 Å². The molecule has 0 aromatic heterocycles. The van der Waals surface area contributed by atoms with Gasteiger partial charge in [-0.1, -0.05) is 26.0 Å². The van der Waals surface area contributed by atoms with Crippen molar-refractivity contribution >= 4 is 11.6 Å². The van der Waals surface area contributed by atoms with E-state index in [1.54, 1.807) is 6.92 Å². The summed E-state index contributed by atoms with van der Waals surface area (Å²) in [5, 5.41) is 11.2. The summed E-state index contributed by atoms with van der Waals surface area (Å²) in [5.74, 6) is 1.54. The number of hydrogen-bond donors (Lipinski definition) is 1. The Kier molecular flexibility index (Phi) is 3.55. The monoisotopic (exact) mass is 342 g/mol. The number of rotatable bonds is 1. The van der Waals surface area contributed by atoms with Crippen molar-refractivity contribution in [1.29, 1.82) is 0 Å². The molecule has 0 amide bonds. The van der Waals surface area contributed by atoms with Gasteiger partial charge in [-0.05, 0) is 80.3 Å². The van der Waals surface area contributed by atoms with Crippen LogP contribution in [0.15, 0.2) is 23.8 Å². The fraction of sp³-hybridized carbons (Fsp3) is 0.727. The van der Waals surface area contributed by atoms with E-state index in [0.717, 1.165) is 37.7 Å². The third kappa shape index (κ3) is 2.02. The SMILES string of the molecule is C=C1C[C@@H]2[C@H](CC[C@@]3(C)[C@H]2CC[C@]3(O)C(C)=O)[C@@]2(C)CCC(=O)C=C12. The van der Waals surface area contributed by atoms with Crippen LogP contribution in [0.1, 0.15) is 65.7 Å². The van der Waals surface area contributed by atoms with E-state index in [-0.39, 0.29) is 22.4 Å². The maximum Gasteiger partial charge on any atom is 0.161 e. The Bertz CT molecular complexity index is 704. The van der Waals surface area contributed by atoms with Crippen LogP contribution in [-0.2, 0) is 9.59 Å². The van der Waals surface area contributed by atoms with Gasteiger partial charge in [-0.2, -0.15) is 0 Å². The smallest absolute Gasteiger partial charge is 0.161 e. The lowest BCUT2D eigenvalue weighted by Crippen LogP contribution is -2.57. The van der Waals surface area contributed by atoms with Gasteiger partial charge in [0.1, 0.15) is 5.60 Å². The number of aliphatic hydroxyl groups is 1. The molecule has 0 radical (unpaired) electrons. The van der Waals surface area contributed by atoms with Gasteiger partial charge in [-0.15, -0.1) is 0 Å². The van der Waals surface area contributed by atoms with Crippen LogP contribution in [-0.4, -0.2) is 22.3 Å². The van der Waals surface area contributed by atoms with E-state index < -0.39 is 5.60 Å². The molecule has 0 aromatic rings. The zero-order valence-corrected chi connectivity index (χ0v) is 15.7. The molecule has 4 aliphatic rings. The molecule has 4 rings (SSSR count). The van der Waals surface area contributed by atoms with Crippen molar-refractivity contribution in [3.63, 3.8) is 0 Å². The minimum absolute atomic E-state index is 0.0339. The van der Waals surface area contributed by atoms with E-state index in [9.17, 15) is 14.7 Å². The van der Waals surface area contributed by atoms with Crippen LogP contribution in [0.2, 0.25) is 0 Å². The highest BCUT2D eigenvalue weighted by Crippen LogP contribution is 2.68. The maximum absolute atomic E-state index is 12.3. The molecular formula is C22H30O3. The first-order valence-electron chi connectivity index (χ1n) is 9.80. The number of carbonyl (C=O) groups excluding carboxylic acids is 2. The van der Waals surface area contributed by atoms with Gasteiger partial charge in [0.05, 0.1) is 0 Å². The molecule has 1 N–H and O–H groups in total. The number of Topliss-reactive ketones (excluding diaryl/α,β-unsaturated/α-hetero) is 1. The van der Waals surface area contributed by atoms with Gasteiger partial charge in [0, 0.05) is 11.8 Å². The number of fused-ring (bicyclic) bond motifs is 5. The van der Waals surface area contributed by atoms with Gasteiger partial charge in [-0.3, -0.25) is 9.59 Å². The Morgan fingerprint density at radius 2 is 1.88 bits per heavy atom. The highest BCUT2D eigenvalue weighted by atomic mass is 16.3. The molecule has 0 aliphatic heterocycles. The summed E-state index contributed by atoms with van der Waals surface area (Å²) in [4.78, 5) is 24.2. The molecule has 0 saturated heterocycles. The second-order valence-electron chi connectivity index (χ2n) is 9.54. The first-order valence-corrected chi connectivity index (χ1v) is 9.80. The Labute approximate surface area is 150 Å². The lowest BCUT2D eigenvalue weighted by molar-refractivity contribution is -0.159. The van der Waals surface area contributed by atoms with Crippen molar-refractivity contribution in [2.24, 2.45) is 28.6 Å². The van der Waals surface area contributed by atoms with Gasteiger partial charge >= 0.3 is 0 Å². The largest absolute Gasteiger partial charge is 0.382 e. The van der Waals surface area contributed by atoms with E-state index in [2.05, 4.69) is 20.4 Å². The Morgan fingerprint density at radius 3 is 2.56 bits per heavy atom. The van der Waals surface area contributed by atoms with Crippen LogP contribution in [0.5, 0.6) is 0 Å². The second kappa shape index (κ2) is 5.16. The van der Waals surface area contributed by atoms with Crippen molar-refractivity contribution in [1.82, 2.24) is 0 Å². The van der Waals surface area contributed by atoms with Crippen LogP contribution >= 0.6 is 0 Å². The van der Waals surface area contributed by atoms with Crippen molar-refractivity contribution in [2.75, 3.05) is 0 Å². The summed E-state index contributed by atoms with van der Waals surface area (Å²) >= 11 is 0. The molecule has 25 heavy (non-hydrogen) atoms. The predicted octanol–water partition coefficient (Wildman–Crippen LogP) is 4.00. The van der Waals surface area contributed by atoms with Gasteiger partial charge in [0.15, 0.2) is 11.6 Å². The van der Waals surface area contributed by atoms with E-state index in [0.29, 0.717) is 30.6 Å². The number of allylic oxidation sites excluding steroid dienone is 2. The zero-order chi connectivity index (χ0) is 18.2. The normalized spacial score (nSPS) is 49.1. The lowest BCUT2D eigenvalue weighted by atomic mass is 9.45. The van der Waals surface area contributed by atoms with Gasteiger partial charge in [0.25, 0.3) is 0 Å². The van der Waals surface area contributed by atoms with E-state index >= 15 is 0 Å². The average molecular weight is 342 g/mol. The highest BCUT2D eigenvalue weighted by Gasteiger charge is 2.65. The minimum Gasteiger partial charge on any atom is -0.382 e. The molecule has 0 heterocycles. The standard InChI is InChI=1S/C22H30O3/c1-13-11-16-17(20(3)8-5-15(24)12-19(13)20)6-9-21(4)18(16)7-10-22(21,25)14(2)23/h12,16-18,25H,1,5-11H2,2-4H3/t16-,17+,18+,20-,21+,22+/m1/s1.